The second-order valence-corrected chi connectivity index (χ2v) is 6.31. The molecule has 1 unspecified atom stereocenters. The average molecular weight is 257 g/mol. The normalized spacial score (nSPS) is 23.4. The van der Waals surface area contributed by atoms with Gasteiger partial charge in [-0.05, 0) is 44.9 Å². The standard InChI is InChI=1S/C14H27NO3/c1-5-17-12(16)14(4,15)10-18-11-6-8-13(2,3)9-7-11/h11H,5-10,15H2,1-4H3. The number of esters is 1. The van der Waals surface area contributed by atoms with E-state index in [4.69, 9.17) is 15.2 Å². The van der Waals surface area contributed by atoms with Crippen molar-refractivity contribution in [3.8, 4) is 0 Å². The van der Waals surface area contributed by atoms with Crippen LogP contribution in [0.15, 0.2) is 0 Å². The van der Waals surface area contributed by atoms with E-state index in [2.05, 4.69) is 13.8 Å². The van der Waals surface area contributed by atoms with Crippen molar-refractivity contribution in [3.63, 3.8) is 0 Å². The van der Waals surface area contributed by atoms with Crippen LogP contribution >= 0.6 is 0 Å². The van der Waals surface area contributed by atoms with E-state index in [1.54, 1.807) is 13.8 Å². The van der Waals surface area contributed by atoms with Crippen LogP contribution in [0.4, 0.5) is 0 Å². The summed E-state index contributed by atoms with van der Waals surface area (Å²) in [5, 5.41) is 0. The van der Waals surface area contributed by atoms with Gasteiger partial charge in [-0.15, -0.1) is 0 Å². The van der Waals surface area contributed by atoms with Crippen molar-refractivity contribution >= 4 is 5.97 Å². The van der Waals surface area contributed by atoms with Gasteiger partial charge in [0.25, 0.3) is 0 Å². The van der Waals surface area contributed by atoms with Gasteiger partial charge in [-0.2, -0.15) is 0 Å². The molecule has 1 fully saturated rings. The topological polar surface area (TPSA) is 61.5 Å². The first kappa shape index (κ1) is 15.4. The molecule has 1 atom stereocenters. The molecule has 0 aromatic carbocycles. The molecule has 0 aromatic heterocycles. The largest absolute Gasteiger partial charge is 0.465 e. The number of ether oxygens (including phenoxy) is 2. The minimum atomic E-state index is -1.04. The van der Waals surface area contributed by atoms with E-state index in [9.17, 15) is 4.79 Å². The Morgan fingerprint density at radius 2 is 1.94 bits per heavy atom. The molecule has 1 rings (SSSR count). The van der Waals surface area contributed by atoms with E-state index < -0.39 is 5.54 Å². The van der Waals surface area contributed by atoms with Crippen molar-refractivity contribution in [3.05, 3.63) is 0 Å². The lowest BCUT2D eigenvalue weighted by molar-refractivity contribution is -0.152. The van der Waals surface area contributed by atoms with E-state index >= 15 is 0 Å². The van der Waals surface area contributed by atoms with Gasteiger partial charge in [0, 0.05) is 0 Å². The summed E-state index contributed by atoms with van der Waals surface area (Å²) in [6.07, 6.45) is 4.66. The summed E-state index contributed by atoms with van der Waals surface area (Å²) < 4.78 is 10.7. The Bertz CT molecular complexity index is 277. The third-order valence-electron chi connectivity index (χ3n) is 3.65. The van der Waals surface area contributed by atoms with Crippen LogP contribution in [0.5, 0.6) is 0 Å². The third-order valence-corrected chi connectivity index (χ3v) is 3.65. The molecule has 1 aliphatic carbocycles. The summed E-state index contributed by atoms with van der Waals surface area (Å²) in [7, 11) is 0. The zero-order valence-corrected chi connectivity index (χ0v) is 12.1. The van der Waals surface area contributed by atoms with E-state index in [0.717, 1.165) is 12.8 Å². The summed E-state index contributed by atoms with van der Waals surface area (Å²) in [5.74, 6) is -0.388. The molecule has 0 spiro atoms. The van der Waals surface area contributed by atoms with E-state index in [-0.39, 0.29) is 18.7 Å². The minimum Gasteiger partial charge on any atom is -0.465 e. The van der Waals surface area contributed by atoms with Crippen LogP contribution in [0, 0.1) is 5.41 Å². The Kier molecular flexibility index (Phi) is 5.17. The Hall–Kier alpha value is -0.610. The molecule has 0 heterocycles. The van der Waals surface area contributed by atoms with Crippen molar-refractivity contribution in [1.29, 1.82) is 0 Å². The van der Waals surface area contributed by atoms with Gasteiger partial charge in [0.05, 0.1) is 19.3 Å². The van der Waals surface area contributed by atoms with Crippen molar-refractivity contribution in [2.45, 2.75) is 65.0 Å². The quantitative estimate of drug-likeness (QED) is 0.767. The first-order valence-corrected chi connectivity index (χ1v) is 6.84. The highest BCUT2D eigenvalue weighted by Crippen LogP contribution is 2.36. The molecule has 0 aromatic rings. The predicted octanol–water partition coefficient (Wildman–Crippen LogP) is 2.25. The lowest BCUT2D eigenvalue weighted by Crippen LogP contribution is -2.51. The summed E-state index contributed by atoms with van der Waals surface area (Å²) in [6.45, 7) is 8.60. The first-order valence-electron chi connectivity index (χ1n) is 6.84. The molecular formula is C14H27NO3. The lowest BCUT2D eigenvalue weighted by atomic mass is 9.76. The second kappa shape index (κ2) is 6.02. The van der Waals surface area contributed by atoms with E-state index in [0.29, 0.717) is 12.0 Å². The summed E-state index contributed by atoms with van der Waals surface area (Å²) in [5.41, 5.74) is 5.30. The third kappa shape index (κ3) is 4.58. The van der Waals surface area contributed by atoms with Gasteiger partial charge in [0.15, 0.2) is 0 Å². The van der Waals surface area contributed by atoms with Crippen molar-refractivity contribution in [2.24, 2.45) is 11.1 Å². The van der Waals surface area contributed by atoms with Crippen molar-refractivity contribution in [1.82, 2.24) is 0 Å². The smallest absolute Gasteiger partial charge is 0.328 e. The number of hydrogen-bond acceptors (Lipinski definition) is 4. The Morgan fingerprint density at radius 3 is 2.44 bits per heavy atom. The highest BCUT2D eigenvalue weighted by molar-refractivity contribution is 5.80. The number of carbonyl (C=O) groups is 1. The predicted molar refractivity (Wildman–Crippen MR) is 71.2 cm³/mol. The minimum absolute atomic E-state index is 0.232. The summed E-state index contributed by atoms with van der Waals surface area (Å²) >= 11 is 0. The maximum absolute atomic E-state index is 11.6. The van der Waals surface area contributed by atoms with Crippen molar-refractivity contribution in [2.75, 3.05) is 13.2 Å². The zero-order valence-electron chi connectivity index (χ0n) is 12.1. The highest BCUT2D eigenvalue weighted by Gasteiger charge is 2.33. The van der Waals surface area contributed by atoms with Crippen LogP contribution in [0.3, 0.4) is 0 Å². The van der Waals surface area contributed by atoms with Crippen LogP contribution < -0.4 is 5.73 Å². The molecule has 2 N–H and O–H groups in total. The lowest BCUT2D eigenvalue weighted by Gasteiger charge is -2.35. The molecule has 0 bridgehead atoms. The number of hydrogen-bond donors (Lipinski definition) is 1. The van der Waals surface area contributed by atoms with Gasteiger partial charge in [0.2, 0.25) is 0 Å². The fourth-order valence-corrected chi connectivity index (χ4v) is 2.19. The van der Waals surface area contributed by atoms with E-state index in [1.165, 1.54) is 12.8 Å². The summed E-state index contributed by atoms with van der Waals surface area (Å²) in [4.78, 5) is 11.6. The molecule has 0 radical (unpaired) electrons. The molecular weight excluding hydrogens is 230 g/mol. The van der Waals surface area contributed by atoms with Crippen LogP contribution in [0.25, 0.3) is 0 Å². The molecule has 0 amide bonds. The van der Waals surface area contributed by atoms with Crippen molar-refractivity contribution < 1.29 is 14.3 Å². The Balaban J connectivity index is 2.35. The fourth-order valence-electron chi connectivity index (χ4n) is 2.19. The van der Waals surface area contributed by atoms with Gasteiger partial charge in [0.1, 0.15) is 5.54 Å². The molecule has 106 valence electrons. The highest BCUT2D eigenvalue weighted by atomic mass is 16.5. The molecule has 4 heteroatoms. The van der Waals surface area contributed by atoms with Crippen LogP contribution in [-0.4, -0.2) is 30.8 Å². The molecule has 1 aliphatic rings. The molecule has 0 aliphatic heterocycles. The molecule has 4 nitrogen and oxygen atoms in total. The van der Waals surface area contributed by atoms with Gasteiger partial charge in [-0.25, -0.2) is 4.79 Å². The SMILES string of the molecule is CCOC(=O)C(C)(N)COC1CCC(C)(C)CC1. The number of nitrogens with two attached hydrogens (primary N) is 1. The Labute approximate surface area is 110 Å². The molecule has 1 saturated carbocycles. The zero-order chi connectivity index (χ0) is 13.8. The van der Waals surface area contributed by atoms with Gasteiger partial charge >= 0.3 is 5.97 Å². The molecule has 18 heavy (non-hydrogen) atoms. The Morgan fingerprint density at radius 1 is 1.39 bits per heavy atom. The van der Waals surface area contributed by atoms with Crippen LogP contribution in [-0.2, 0) is 14.3 Å². The van der Waals surface area contributed by atoms with Gasteiger partial charge < -0.3 is 15.2 Å². The van der Waals surface area contributed by atoms with Crippen LogP contribution in [0.1, 0.15) is 53.4 Å². The second-order valence-electron chi connectivity index (χ2n) is 6.31. The maximum atomic E-state index is 11.6. The maximum Gasteiger partial charge on any atom is 0.328 e. The molecule has 0 saturated heterocycles. The summed E-state index contributed by atoms with van der Waals surface area (Å²) in [6, 6.07) is 0. The van der Waals surface area contributed by atoms with Gasteiger partial charge in [-0.3, -0.25) is 0 Å². The van der Waals surface area contributed by atoms with Gasteiger partial charge in [-0.1, -0.05) is 13.8 Å². The number of carbonyl (C=O) groups excluding carboxylic acids is 1. The fraction of sp³-hybridized carbons (Fsp3) is 0.929. The van der Waals surface area contributed by atoms with E-state index in [1.807, 2.05) is 0 Å². The number of rotatable bonds is 5. The monoisotopic (exact) mass is 257 g/mol. The first-order chi connectivity index (χ1) is 8.27. The average Bonchev–Trinajstić information content (AvgIpc) is 2.28. The van der Waals surface area contributed by atoms with Crippen LogP contribution in [0.2, 0.25) is 0 Å².